The fourth-order valence-corrected chi connectivity index (χ4v) is 2.96. The summed E-state index contributed by atoms with van der Waals surface area (Å²) in [6, 6.07) is 13.2. The maximum absolute atomic E-state index is 12.6. The molecule has 0 unspecified atom stereocenters. The van der Waals surface area contributed by atoms with Crippen LogP contribution in [-0.2, 0) is 9.53 Å². The molecule has 3 amide bonds. The Balaban J connectivity index is 1.46. The summed E-state index contributed by atoms with van der Waals surface area (Å²) in [6.45, 7) is 3.18. The molecular formula is C23H26N4O5S. The van der Waals surface area contributed by atoms with Crippen LogP contribution in [0, 0.1) is 5.92 Å². The number of hydrogen-bond acceptors (Lipinski definition) is 6. The fraction of sp³-hybridized carbons (Fsp3) is 0.304. The quantitative estimate of drug-likeness (QED) is 0.253. The Kier molecular flexibility index (Phi) is 8.73. The standard InChI is InChI=1S/C23H26N4O5S/c1-2-31-13-14-32-19-6-4-3-5-18(19)22(30)25-23(33)27-26-21(29)16-9-11-17(12-10-16)24-20(28)15-7-8-15/h3-6,9-12,15H,2,7-8,13-14H2,1H3,(H,24,28)(H,26,29)(H2,25,27,30,33). The third-order valence-electron chi connectivity index (χ3n) is 4.70. The van der Waals surface area contributed by atoms with Crippen molar-refractivity contribution in [2.75, 3.05) is 25.1 Å². The second kappa shape index (κ2) is 11.9. The lowest BCUT2D eigenvalue weighted by molar-refractivity contribution is -0.117. The van der Waals surface area contributed by atoms with E-state index in [1.807, 2.05) is 6.92 Å². The number of thiocarbonyl (C=S) groups is 1. The van der Waals surface area contributed by atoms with Crippen molar-refractivity contribution in [3.05, 3.63) is 59.7 Å². The fourth-order valence-electron chi connectivity index (χ4n) is 2.82. The van der Waals surface area contributed by atoms with Crippen LogP contribution in [0.1, 0.15) is 40.5 Å². The minimum absolute atomic E-state index is 0.00350. The molecular weight excluding hydrogens is 444 g/mol. The molecule has 0 aliphatic heterocycles. The van der Waals surface area contributed by atoms with Gasteiger partial charge in [-0.25, -0.2) is 0 Å². The molecule has 1 saturated carbocycles. The predicted molar refractivity (Wildman–Crippen MR) is 127 cm³/mol. The van der Waals surface area contributed by atoms with Gasteiger partial charge in [-0.05, 0) is 68.4 Å². The van der Waals surface area contributed by atoms with Crippen LogP contribution in [0.15, 0.2) is 48.5 Å². The van der Waals surface area contributed by atoms with Crippen LogP contribution in [0.4, 0.5) is 5.69 Å². The van der Waals surface area contributed by atoms with Crippen LogP contribution in [-0.4, -0.2) is 42.7 Å². The molecule has 0 radical (unpaired) electrons. The molecule has 4 N–H and O–H groups in total. The van der Waals surface area contributed by atoms with Crippen LogP contribution in [0.2, 0.25) is 0 Å². The van der Waals surface area contributed by atoms with E-state index >= 15 is 0 Å². The lowest BCUT2D eigenvalue weighted by Gasteiger charge is -2.13. The average Bonchev–Trinajstić information content (AvgIpc) is 3.67. The molecule has 0 heterocycles. The number of hydrazine groups is 1. The first kappa shape index (κ1) is 24.1. The van der Waals surface area contributed by atoms with E-state index in [1.165, 1.54) is 0 Å². The van der Waals surface area contributed by atoms with E-state index in [2.05, 4.69) is 21.5 Å². The Morgan fingerprint density at radius 2 is 1.70 bits per heavy atom. The van der Waals surface area contributed by atoms with Gasteiger partial charge in [-0.2, -0.15) is 0 Å². The van der Waals surface area contributed by atoms with Gasteiger partial charge < -0.3 is 14.8 Å². The summed E-state index contributed by atoms with van der Waals surface area (Å²) >= 11 is 5.10. The first-order chi connectivity index (χ1) is 16.0. The summed E-state index contributed by atoms with van der Waals surface area (Å²) in [4.78, 5) is 36.7. The van der Waals surface area contributed by atoms with Gasteiger partial charge in [-0.3, -0.25) is 30.6 Å². The minimum Gasteiger partial charge on any atom is -0.490 e. The minimum atomic E-state index is -0.482. The highest BCUT2D eigenvalue weighted by atomic mass is 32.1. The topological polar surface area (TPSA) is 118 Å². The van der Waals surface area contributed by atoms with Gasteiger partial charge in [0.25, 0.3) is 11.8 Å². The molecule has 0 bridgehead atoms. The average molecular weight is 471 g/mol. The van der Waals surface area contributed by atoms with Gasteiger partial charge in [-0.1, -0.05) is 12.1 Å². The van der Waals surface area contributed by atoms with Crippen molar-refractivity contribution in [2.45, 2.75) is 19.8 Å². The predicted octanol–water partition coefficient (Wildman–Crippen LogP) is 2.40. The van der Waals surface area contributed by atoms with Crippen molar-refractivity contribution in [3.63, 3.8) is 0 Å². The molecule has 33 heavy (non-hydrogen) atoms. The van der Waals surface area contributed by atoms with Crippen LogP contribution >= 0.6 is 12.2 Å². The number of benzene rings is 2. The van der Waals surface area contributed by atoms with Gasteiger partial charge in [0.2, 0.25) is 5.91 Å². The van der Waals surface area contributed by atoms with E-state index in [-0.39, 0.29) is 16.9 Å². The zero-order valence-electron chi connectivity index (χ0n) is 18.2. The first-order valence-corrected chi connectivity index (χ1v) is 11.0. The highest BCUT2D eigenvalue weighted by molar-refractivity contribution is 7.80. The molecule has 1 fully saturated rings. The number of rotatable bonds is 9. The summed E-state index contributed by atoms with van der Waals surface area (Å²) in [5.41, 5.74) is 6.21. The highest BCUT2D eigenvalue weighted by Gasteiger charge is 2.29. The number of ether oxygens (including phenoxy) is 2. The molecule has 1 aliphatic carbocycles. The van der Waals surface area contributed by atoms with Crippen LogP contribution in [0.3, 0.4) is 0 Å². The highest BCUT2D eigenvalue weighted by Crippen LogP contribution is 2.30. The normalized spacial score (nSPS) is 12.4. The van der Waals surface area contributed by atoms with Gasteiger partial charge >= 0.3 is 0 Å². The molecule has 10 heteroatoms. The third-order valence-corrected chi connectivity index (χ3v) is 4.90. The van der Waals surface area contributed by atoms with E-state index in [4.69, 9.17) is 21.7 Å². The van der Waals surface area contributed by atoms with Gasteiger partial charge in [0.15, 0.2) is 5.11 Å². The van der Waals surface area contributed by atoms with Crippen molar-refractivity contribution >= 4 is 40.7 Å². The maximum Gasteiger partial charge on any atom is 0.269 e. The van der Waals surface area contributed by atoms with Crippen LogP contribution < -0.4 is 26.2 Å². The number of amides is 3. The molecule has 0 aromatic heterocycles. The molecule has 2 aromatic carbocycles. The van der Waals surface area contributed by atoms with Gasteiger partial charge in [0.1, 0.15) is 12.4 Å². The molecule has 0 spiro atoms. The second-order valence-corrected chi connectivity index (χ2v) is 7.65. The van der Waals surface area contributed by atoms with E-state index in [0.29, 0.717) is 42.4 Å². The van der Waals surface area contributed by atoms with Crippen molar-refractivity contribution in [1.82, 2.24) is 16.2 Å². The molecule has 9 nitrogen and oxygen atoms in total. The van der Waals surface area contributed by atoms with Crippen molar-refractivity contribution in [1.29, 1.82) is 0 Å². The molecule has 0 atom stereocenters. The maximum atomic E-state index is 12.6. The Hall–Kier alpha value is -3.50. The number of nitrogens with one attached hydrogen (secondary N) is 4. The zero-order chi connectivity index (χ0) is 23.6. The second-order valence-electron chi connectivity index (χ2n) is 7.24. The number of carbonyl (C=O) groups is 3. The molecule has 2 aromatic rings. The number of carbonyl (C=O) groups excluding carboxylic acids is 3. The summed E-state index contributed by atoms with van der Waals surface area (Å²) < 4.78 is 10.8. The Labute approximate surface area is 197 Å². The molecule has 3 rings (SSSR count). The van der Waals surface area contributed by atoms with Crippen LogP contribution in [0.25, 0.3) is 0 Å². The van der Waals surface area contributed by atoms with Gasteiger partial charge in [0.05, 0.1) is 12.2 Å². The van der Waals surface area contributed by atoms with Crippen molar-refractivity contribution in [2.24, 2.45) is 5.92 Å². The third kappa shape index (κ3) is 7.55. The zero-order valence-corrected chi connectivity index (χ0v) is 19.0. The monoisotopic (exact) mass is 470 g/mol. The van der Waals surface area contributed by atoms with Gasteiger partial charge in [-0.15, -0.1) is 0 Å². The van der Waals surface area contributed by atoms with Crippen molar-refractivity contribution in [3.8, 4) is 5.75 Å². The number of hydrogen-bond donors (Lipinski definition) is 4. The largest absolute Gasteiger partial charge is 0.490 e. The number of para-hydroxylation sites is 1. The van der Waals surface area contributed by atoms with Gasteiger partial charge in [0, 0.05) is 23.8 Å². The van der Waals surface area contributed by atoms with E-state index in [9.17, 15) is 14.4 Å². The summed E-state index contributed by atoms with van der Waals surface area (Å²) in [7, 11) is 0. The van der Waals surface area contributed by atoms with Crippen molar-refractivity contribution < 1.29 is 23.9 Å². The van der Waals surface area contributed by atoms with E-state index < -0.39 is 11.8 Å². The Morgan fingerprint density at radius 3 is 2.39 bits per heavy atom. The summed E-state index contributed by atoms with van der Waals surface area (Å²) in [6.07, 6.45) is 1.84. The Bertz CT molecular complexity index is 1010. The summed E-state index contributed by atoms with van der Waals surface area (Å²) in [5.74, 6) is -0.440. The summed E-state index contributed by atoms with van der Waals surface area (Å²) in [5, 5.41) is 5.23. The lowest BCUT2D eigenvalue weighted by atomic mass is 10.2. The van der Waals surface area contributed by atoms with E-state index in [1.54, 1.807) is 48.5 Å². The number of anilines is 1. The smallest absolute Gasteiger partial charge is 0.269 e. The SMILES string of the molecule is CCOCCOc1ccccc1C(=O)NC(=S)NNC(=O)c1ccc(NC(=O)C2CC2)cc1. The molecule has 174 valence electrons. The van der Waals surface area contributed by atoms with Crippen LogP contribution in [0.5, 0.6) is 5.75 Å². The molecule has 0 saturated heterocycles. The van der Waals surface area contributed by atoms with E-state index in [0.717, 1.165) is 12.8 Å². The Morgan fingerprint density at radius 1 is 0.970 bits per heavy atom. The lowest BCUT2D eigenvalue weighted by Crippen LogP contribution is -2.48. The first-order valence-electron chi connectivity index (χ1n) is 10.6. The molecule has 1 aliphatic rings.